The predicted octanol–water partition coefficient (Wildman–Crippen LogP) is 1.50. The highest BCUT2D eigenvalue weighted by Gasteiger charge is 2.11. The van der Waals surface area contributed by atoms with Crippen LogP contribution in [0.15, 0.2) is 23.3 Å². The van der Waals surface area contributed by atoms with Gasteiger partial charge in [0.25, 0.3) is 5.56 Å². The average Bonchev–Trinajstić information content (AvgIpc) is 2.46. The zero-order valence-corrected chi connectivity index (χ0v) is 11.8. The summed E-state index contributed by atoms with van der Waals surface area (Å²) in [5, 5.41) is 0.236. The summed E-state index contributed by atoms with van der Waals surface area (Å²) in [6.45, 7) is 2.16. The number of nitrogens with zero attached hydrogens (tertiary/aromatic N) is 2. The molecular weight excluding hydrogens is 279 g/mol. The van der Waals surface area contributed by atoms with E-state index in [1.165, 1.54) is 24.1 Å². The van der Waals surface area contributed by atoms with Crippen molar-refractivity contribution < 1.29 is 18.7 Å². The summed E-state index contributed by atoms with van der Waals surface area (Å²) < 4.78 is 24.5. The summed E-state index contributed by atoms with van der Waals surface area (Å²) in [6.07, 6.45) is 1.36. The minimum absolute atomic E-state index is 0.0236. The maximum atomic E-state index is 13.6. The maximum absolute atomic E-state index is 13.6. The number of esters is 1. The van der Waals surface area contributed by atoms with Crippen molar-refractivity contribution >= 4 is 16.9 Å². The molecule has 2 aromatic rings. The van der Waals surface area contributed by atoms with Crippen LogP contribution in [0.2, 0.25) is 0 Å². The summed E-state index contributed by atoms with van der Waals surface area (Å²) in [5.41, 5.74) is -0.117. The Bertz CT molecular complexity index is 727. The highest BCUT2D eigenvalue weighted by molar-refractivity contribution is 5.79. The van der Waals surface area contributed by atoms with Gasteiger partial charge in [-0.2, -0.15) is 0 Å². The van der Waals surface area contributed by atoms with Gasteiger partial charge in [-0.25, -0.2) is 9.37 Å². The van der Waals surface area contributed by atoms with E-state index in [4.69, 9.17) is 9.47 Å². The molecule has 0 radical (unpaired) electrons. The molecule has 0 aliphatic rings. The van der Waals surface area contributed by atoms with Crippen LogP contribution in [0.25, 0.3) is 10.9 Å². The summed E-state index contributed by atoms with van der Waals surface area (Å²) >= 11 is 0. The standard InChI is InChI=1S/C14H15FN2O4/c1-3-21-13(18)4-5-17-8-16-11-7-10(15)12(20-2)6-9(11)14(17)19/h6-8H,3-5H2,1-2H3. The van der Waals surface area contributed by atoms with E-state index < -0.39 is 5.82 Å². The molecule has 1 heterocycles. The van der Waals surface area contributed by atoms with Crippen LogP contribution in [0.5, 0.6) is 5.75 Å². The average molecular weight is 294 g/mol. The molecule has 0 amide bonds. The second kappa shape index (κ2) is 6.34. The zero-order chi connectivity index (χ0) is 15.4. The molecule has 1 aromatic carbocycles. The van der Waals surface area contributed by atoms with Crippen LogP contribution in [-0.2, 0) is 16.1 Å². The zero-order valence-electron chi connectivity index (χ0n) is 11.8. The van der Waals surface area contributed by atoms with Crippen LogP contribution in [-0.4, -0.2) is 29.2 Å². The van der Waals surface area contributed by atoms with Gasteiger partial charge >= 0.3 is 5.97 Å². The lowest BCUT2D eigenvalue weighted by molar-refractivity contribution is -0.143. The molecule has 0 bridgehead atoms. The number of aromatic nitrogens is 2. The summed E-state index contributed by atoms with van der Waals surface area (Å²) in [4.78, 5) is 27.6. The molecule has 21 heavy (non-hydrogen) atoms. The third-order valence-electron chi connectivity index (χ3n) is 2.96. The van der Waals surface area contributed by atoms with Crippen molar-refractivity contribution in [2.24, 2.45) is 0 Å². The first-order chi connectivity index (χ1) is 10.1. The van der Waals surface area contributed by atoms with Crippen LogP contribution in [0.3, 0.4) is 0 Å². The fraction of sp³-hybridized carbons (Fsp3) is 0.357. The fourth-order valence-electron chi connectivity index (χ4n) is 1.92. The topological polar surface area (TPSA) is 70.4 Å². The Labute approximate surface area is 120 Å². The first kappa shape index (κ1) is 15.0. The molecule has 0 aliphatic heterocycles. The number of ether oxygens (including phenoxy) is 2. The number of rotatable bonds is 5. The molecule has 6 nitrogen and oxygen atoms in total. The lowest BCUT2D eigenvalue weighted by Gasteiger charge is -2.08. The van der Waals surface area contributed by atoms with Crippen LogP contribution in [0, 0.1) is 5.82 Å². The maximum Gasteiger partial charge on any atom is 0.307 e. The van der Waals surface area contributed by atoms with E-state index in [1.807, 2.05) is 0 Å². The number of methoxy groups -OCH3 is 1. The first-order valence-corrected chi connectivity index (χ1v) is 6.45. The quantitative estimate of drug-likeness (QED) is 0.781. The van der Waals surface area contributed by atoms with Gasteiger partial charge in [-0.15, -0.1) is 0 Å². The van der Waals surface area contributed by atoms with Gasteiger partial charge in [-0.1, -0.05) is 0 Å². The van der Waals surface area contributed by atoms with E-state index in [1.54, 1.807) is 6.92 Å². The van der Waals surface area contributed by atoms with Crippen LogP contribution in [0.4, 0.5) is 4.39 Å². The number of carbonyl (C=O) groups excluding carboxylic acids is 1. The van der Waals surface area contributed by atoms with Gasteiger partial charge in [-0.05, 0) is 13.0 Å². The number of hydrogen-bond acceptors (Lipinski definition) is 5. The molecule has 0 saturated heterocycles. The minimum Gasteiger partial charge on any atom is -0.494 e. The highest BCUT2D eigenvalue weighted by Crippen LogP contribution is 2.20. The summed E-state index contributed by atoms with van der Waals surface area (Å²) in [6, 6.07) is 2.45. The summed E-state index contributed by atoms with van der Waals surface area (Å²) in [7, 11) is 1.32. The molecule has 1 aromatic heterocycles. The van der Waals surface area contributed by atoms with E-state index in [2.05, 4.69) is 4.98 Å². The molecular formula is C14H15FN2O4. The van der Waals surface area contributed by atoms with Gasteiger partial charge in [0.2, 0.25) is 0 Å². The molecule has 0 spiro atoms. The van der Waals surface area contributed by atoms with E-state index >= 15 is 0 Å². The Hall–Kier alpha value is -2.44. The fourth-order valence-corrected chi connectivity index (χ4v) is 1.92. The molecule has 112 valence electrons. The van der Waals surface area contributed by atoms with Crippen molar-refractivity contribution in [3.8, 4) is 5.75 Å². The lowest BCUT2D eigenvalue weighted by atomic mass is 10.2. The number of hydrogen-bond donors (Lipinski definition) is 0. The van der Waals surface area contributed by atoms with Gasteiger partial charge in [0, 0.05) is 12.6 Å². The van der Waals surface area contributed by atoms with Crippen LogP contribution >= 0.6 is 0 Å². The number of benzene rings is 1. The van der Waals surface area contributed by atoms with E-state index in [0.29, 0.717) is 6.61 Å². The SMILES string of the molecule is CCOC(=O)CCn1cnc2cc(F)c(OC)cc2c1=O. The highest BCUT2D eigenvalue weighted by atomic mass is 19.1. The second-order valence-corrected chi connectivity index (χ2v) is 4.30. The molecule has 7 heteroatoms. The van der Waals surface area contributed by atoms with Gasteiger partial charge in [-0.3, -0.25) is 14.2 Å². The van der Waals surface area contributed by atoms with Crippen molar-refractivity contribution in [2.45, 2.75) is 19.9 Å². The summed E-state index contributed by atoms with van der Waals surface area (Å²) in [5.74, 6) is -0.994. The Morgan fingerprint density at radius 2 is 2.19 bits per heavy atom. The van der Waals surface area contributed by atoms with Crippen molar-refractivity contribution in [3.63, 3.8) is 0 Å². The van der Waals surface area contributed by atoms with Gasteiger partial charge < -0.3 is 9.47 Å². The van der Waals surface area contributed by atoms with Gasteiger partial charge in [0.15, 0.2) is 11.6 Å². The lowest BCUT2D eigenvalue weighted by Crippen LogP contribution is -2.22. The molecule has 0 saturated carbocycles. The van der Waals surface area contributed by atoms with E-state index in [-0.39, 0.29) is 41.1 Å². The van der Waals surface area contributed by atoms with Crippen molar-refractivity contribution in [1.29, 1.82) is 0 Å². The van der Waals surface area contributed by atoms with Gasteiger partial charge in [0.05, 0.1) is 37.4 Å². The normalized spacial score (nSPS) is 10.6. The molecule has 0 fully saturated rings. The first-order valence-electron chi connectivity index (χ1n) is 6.45. The number of aryl methyl sites for hydroxylation is 1. The number of fused-ring (bicyclic) bond motifs is 1. The Morgan fingerprint density at radius 1 is 1.43 bits per heavy atom. The largest absolute Gasteiger partial charge is 0.494 e. The monoisotopic (exact) mass is 294 g/mol. The third-order valence-corrected chi connectivity index (χ3v) is 2.96. The predicted molar refractivity (Wildman–Crippen MR) is 73.8 cm³/mol. The van der Waals surface area contributed by atoms with Crippen molar-refractivity contribution in [1.82, 2.24) is 9.55 Å². The Balaban J connectivity index is 2.35. The van der Waals surface area contributed by atoms with E-state index in [9.17, 15) is 14.0 Å². The van der Waals surface area contributed by atoms with E-state index in [0.717, 1.165) is 6.07 Å². The molecule has 2 rings (SSSR count). The smallest absolute Gasteiger partial charge is 0.307 e. The molecule has 0 unspecified atom stereocenters. The minimum atomic E-state index is -0.582. The van der Waals surface area contributed by atoms with Crippen molar-refractivity contribution in [2.75, 3.05) is 13.7 Å². The molecule has 0 aliphatic carbocycles. The Kier molecular flexibility index (Phi) is 4.52. The number of carbonyl (C=O) groups is 1. The third kappa shape index (κ3) is 3.18. The number of halogens is 1. The van der Waals surface area contributed by atoms with Crippen LogP contribution in [0.1, 0.15) is 13.3 Å². The van der Waals surface area contributed by atoms with Crippen LogP contribution < -0.4 is 10.3 Å². The van der Waals surface area contributed by atoms with Gasteiger partial charge in [0.1, 0.15) is 0 Å². The van der Waals surface area contributed by atoms with Crippen molar-refractivity contribution in [3.05, 3.63) is 34.6 Å². The molecule has 0 N–H and O–H groups in total. The Morgan fingerprint density at radius 3 is 2.86 bits per heavy atom. The molecule has 0 atom stereocenters. The second-order valence-electron chi connectivity index (χ2n) is 4.30.